The maximum absolute atomic E-state index is 13.8. The van der Waals surface area contributed by atoms with Gasteiger partial charge in [-0.25, -0.2) is 9.07 Å². The van der Waals surface area contributed by atoms with E-state index >= 15 is 0 Å². The summed E-state index contributed by atoms with van der Waals surface area (Å²) in [6.45, 7) is 4.20. The van der Waals surface area contributed by atoms with E-state index in [-0.39, 0.29) is 18.2 Å². The predicted octanol–water partition coefficient (Wildman–Crippen LogP) is 1.97. The molecule has 0 radical (unpaired) electrons. The zero-order valence-electron chi connectivity index (χ0n) is 13.6. The van der Waals surface area contributed by atoms with Crippen molar-refractivity contribution in [2.45, 2.75) is 32.7 Å². The van der Waals surface area contributed by atoms with Crippen molar-refractivity contribution in [2.75, 3.05) is 7.11 Å². The monoisotopic (exact) mass is 332 g/mol. The van der Waals surface area contributed by atoms with E-state index in [1.807, 2.05) is 13.8 Å². The van der Waals surface area contributed by atoms with Crippen molar-refractivity contribution in [1.29, 1.82) is 0 Å². The Kier molecular flexibility index (Phi) is 4.50. The van der Waals surface area contributed by atoms with Crippen LogP contribution in [0, 0.1) is 5.82 Å². The number of benzene rings is 1. The van der Waals surface area contributed by atoms with E-state index in [1.54, 1.807) is 16.8 Å². The van der Waals surface area contributed by atoms with E-state index in [0.717, 1.165) is 5.56 Å². The van der Waals surface area contributed by atoms with Crippen LogP contribution in [0.5, 0.6) is 5.75 Å². The molecule has 1 aromatic carbocycles. The smallest absolute Gasteiger partial charge is 0.238 e. The normalized spacial score (nSPS) is 11.2. The number of hydrogen-bond donors (Lipinski definition) is 0. The van der Waals surface area contributed by atoms with Crippen molar-refractivity contribution in [3.05, 3.63) is 47.2 Å². The molecule has 8 nitrogen and oxygen atoms in total. The summed E-state index contributed by atoms with van der Waals surface area (Å²) in [7, 11) is 1.43. The van der Waals surface area contributed by atoms with Crippen LogP contribution in [0.25, 0.3) is 0 Å². The highest BCUT2D eigenvalue weighted by Gasteiger charge is 2.14. The van der Waals surface area contributed by atoms with Gasteiger partial charge in [-0.05, 0) is 28.1 Å². The summed E-state index contributed by atoms with van der Waals surface area (Å²) in [5, 5.41) is 19.5. The van der Waals surface area contributed by atoms with Crippen LogP contribution < -0.4 is 4.74 Å². The highest BCUT2D eigenvalue weighted by molar-refractivity contribution is 5.30. The van der Waals surface area contributed by atoms with Crippen molar-refractivity contribution >= 4 is 0 Å². The summed E-state index contributed by atoms with van der Waals surface area (Å²) in [6, 6.07) is 4.75. The molecule has 0 saturated heterocycles. The molecule has 24 heavy (non-hydrogen) atoms. The Hall–Kier alpha value is -2.84. The number of methoxy groups -OCH3 is 1. The molecule has 2 heterocycles. The van der Waals surface area contributed by atoms with Gasteiger partial charge in [0, 0.05) is 12.3 Å². The van der Waals surface area contributed by atoms with E-state index in [9.17, 15) is 4.39 Å². The fraction of sp³-hybridized carbons (Fsp3) is 0.400. The lowest BCUT2D eigenvalue weighted by Crippen LogP contribution is -2.08. The highest BCUT2D eigenvalue weighted by atomic mass is 19.1. The Labute approximate surface area is 137 Å². The van der Waals surface area contributed by atoms with Gasteiger partial charge in [0.2, 0.25) is 11.8 Å². The van der Waals surface area contributed by atoms with Crippen LogP contribution in [0.15, 0.2) is 22.6 Å². The maximum atomic E-state index is 13.8. The third kappa shape index (κ3) is 3.39. The molecule has 0 saturated carbocycles. The number of nitrogens with zero attached hydrogens (tertiary/aromatic N) is 6. The molecule has 0 aliphatic rings. The molecule has 2 aromatic heterocycles. The lowest BCUT2D eigenvalue weighted by Gasteiger charge is -2.05. The number of tetrazole rings is 1. The Morgan fingerprint density at radius 2 is 2.08 bits per heavy atom. The lowest BCUT2D eigenvalue weighted by molar-refractivity contribution is 0.386. The standard InChI is InChI=1S/C15H17FN6O2/c1-9(2)15-19-18-14(24-15)8-22-13(17-20-21-22)7-10-4-5-12(23-3)11(16)6-10/h4-6,9H,7-8H2,1-3H3. The molecule has 3 rings (SSSR count). The molecule has 0 unspecified atom stereocenters. The molecule has 0 atom stereocenters. The molecule has 0 amide bonds. The summed E-state index contributed by atoms with van der Waals surface area (Å²) < 4.78 is 25.8. The Morgan fingerprint density at radius 1 is 1.25 bits per heavy atom. The predicted molar refractivity (Wildman–Crippen MR) is 81.1 cm³/mol. The minimum atomic E-state index is -0.424. The molecular formula is C15H17FN6O2. The Morgan fingerprint density at radius 3 is 2.75 bits per heavy atom. The molecule has 0 spiro atoms. The van der Waals surface area contributed by atoms with Crippen molar-refractivity contribution in [3.8, 4) is 5.75 Å². The molecule has 0 aliphatic carbocycles. The van der Waals surface area contributed by atoms with Gasteiger partial charge in [0.15, 0.2) is 17.4 Å². The Bertz CT molecular complexity index is 829. The van der Waals surface area contributed by atoms with E-state index in [0.29, 0.717) is 24.0 Å². The minimum Gasteiger partial charge on any atom is -0.494 e. The number of aromatic nitrogens is 6. The summed E-state index contributed by atoms with van der Waals surface area (Å²) in [5.74, 6) is 1.49. The van der Waals surface area contributed by atoms with E-state index in [1.165, 1.54) is 13.2 Å². The molecule has 0 aliphatic heterocycles. The van der Waals surface area contributed by atoms with Crippen LogP contribution in [0.4, 0.5) is 4.39 Å². The van der Waals surface area contributed by atoms with Gasteiger partial charge < -0.3 is 9.15 Å². The van der Waals surface area contributed by atoms with Gasteiger partial charge in [-0.15, -0.1) is 15.3 Å². The van der Waals surface area contributed by atoms with Gasteiger partial charge in [0.05, 0.1) is 7.11 Å². The fourth-order valence-corrected chi connectivity index (χ4v) is 2.17. The largest absolute Gasteiger partial charge is 0.494 e. The first-order chi connectivity index (χ1) is 11.6. The molecule has 3 aromatic rings. The van der Waals surface area contributed by atoms with E-state index in [2.05, 4.69) is 25.7 Å². The molecule has 0 bridgehead atoms. The maximum Gasteiger partial charge on any atom is 0.238 e. The molecule has 9 heteroatoms. The molecule has 0 N–H and O–H groups in total. The first-order valence-electron chi connectivity index (χ1n) is 7.46. The van der Waals surface area contributed by atoms with Gasteiger partial charge in [-0.1, -0.05) is 19.9 Å². The first-order valence-corrected chi connectivity index (χ1v) is 7.46. The third-order valence-corrected chi connectivity index (χ3v) is 3.45. The van der Waals surface area contributed by atoms with E-state index in [4.69, 9.17) is 9.15 Å². The second kappa shape index (κ2) is 6.73. The summed E-state index contributed by atoms with van der Waals surface area (Å²) >= 11 is 0. The average molecular weight is 332 g/mol. The van der Waals surface area contributed by atoms with E-state index < -0.39 is 5.82 Å². The Balaban J connectivity index is 1.76. The first kappa shape index (κ1) is 16.0. The van der Waals surface area contributed by atoms with Gasteiger partial charge >= 0.3 is 0 Å². The molecule has 126 valence electrons. The highest BCUT2D eigenvalue weighted by Crippen LogP contribution is 2.19. The second-order valence-corrected chi connectivity index (χ2v) is 5.59. The summed E-state index contributed by atoms with van der Waals surface area (Å²) in [4.78, 5) is 0. The second-order valence-electron chi connectivity index (χ2n) is 5.59. The van der Waals surface area contributed by atoms with Crippen molar-refractivity contribution in [1.82, 2.24) is 30.4 Å². The van der Waals surface area contributed by atoms with Crippen LogP contribution in [0.3, 0.4) is 0 Å². The minimum absolute atomic E-state index is 0.155. The van der Waals surface area contributed by atoms with Crippen LogP contribution in [0.1, 0.15) is 42.9 Å². The van der Waals surface area contributed by atoms with Gasteiger partial charge in [0.1, 0.15) is 6.54 Å². The van der Waals surface area contributed by atoms with Crippen LogP contribution in [0.2, 0.25) is 0 Å². The molecular weight excluding hydrogens is 315 g/mol. The SMILES string of the molecule is COc1ccc(Cc2nnnn2Cc2nnc(C(C)C)o2)cc1F. The zero-order valence-corrected chi connectivity index (χ0v) is 13.6. The van der Waals surface area contributed by atoms with Crippen LogP contribution in [-0.2, 0) is 13.0 Å². The van der Waals surface area contributed by atoms with Crippen LogP contribution in [-0.4, -0.2) is 37.5 Å². The average Bonchev–Trinajstić information content (AvgIpc) is 3.18. The zero-order chi connectivity index (χ0) is 17.1. The van der Waals surface area contributed by atoms with Gasteiger partial charge in [-0.3, -0.25) is 0 Å². The number of halogens is 1. The van der Waals surface area contributed by atoms with Crippen molar-refractivity contribution in [3.63, 3.8) is 0 Å². The number of ether oxygens (including phenoxy) is 1. The molecule has 0 fully saturated rings. The van der Waals surface area contributed by atoms with Gasteiger partial charge in [0.25, 0.3) is 0 Å². The van der Waals surface area contributed by atoms with Crippen molar-refractivity contribution < 1.29 is 13.5 Å². The van der Waals surface area contributed by atoms with Crippen LogP contribution >= 0.6 is 0 Å². The quantitative estimate of drug-likeness (QED) is 0.681. The van der Waals surface area contributed by atoms with Crippen molar-refractivity contribution in [2.24, 2.45) is 0 Å². The number of rotatable bonds is 6. The summed E-state index contributed by atoms with van der Waals surface area (Å²) in [5.41, 5.74) is 0.734. The topological polar surface area (TPSA) is 91.8 Å². The third-order valence-electron chi connectivity index (χ3n) is 3.45. The fourth-order valence-electron chi connectivity index (χ4n) is 2.17. The lowest BCUT2D eigenvalue weighted by atomic mass is 10.1. The number of hydrogen-bond acceptors (Lipinski definition) is 7. The van der Waals surface area contributed by atoms with Gasteiger partial charge in [-0.2, -0.15) is 0 Å². The summed E-state index contributed by atoms with van der Waals surface area (Å²) in [6.07, 6.45) is 0.374.